The highest BCUT2D eigenvalue weighted by molar-refractivity contribution is 6.35. The van der Waals surface area contributed by atoms with Crippen molar-refractivity contribution in [3.8, 4) is 6.07 Å². The van der Waals surface area contributed by atoms with Gasteiger partial charge in [0, 0.05) is 28.5 Å². The van der Waals surface area contributed by atoms with E-state index >= 15 is 0 Å². The predicted molar refractivity (Wildman–Crippen MR) is 164 cm³/mol. The molecule has 3 amide bonds. The Labute approximate surface area is 261 Å². The maximum atomic E-state index is 14.9. The number of alkyl carbamates (subject to hydrolysis) is 1. The first kappa shape index (κ1) is 32.4. The highest BCUT2D eigenvalue weighted by Gasteiger charge is 2.31. The zero-order valence-corrected chi connectivity index (χ0v) is 26.2. The van der Waals surface area contributed by atoms with Gasteiger partial charge in [-0.1, -0.05) is 23.2 Å². The lowest BCUT2D eigenvalue weighted by Gasteiger charge is -2.36. The zero-order chi connectivity index (χ0) is 31.5. The van der Waals surface area contributed by atoms with Crippen molar-refractivity contribution in [2.75, 3.05) is 23.7 Å². The number of rotatable bonds is 6. The molecule has 1 saturated carbocycles. The van der Waals surface area contributed by atoms with Crippen molar-refractivity contribution in [3.05, 3.63) is 56.8 Å². The number of benzene rings is 2. The largest absolute Gasteiger partial charge is 0.444 e. The molecule has 9 nitrogen and oxygen atoms in total. The molecule has 2 aromatic carbocycles. The number of nitriles is 1. The minimum atomic E-state index is -0.717. The molecule has 1 aliphatic heterocycles. The van der Waals surface area contributed by atoms with Crippen LogP contribution >= 0.6 is 23.2 Å². The maximum Gasteiger partial charge on any atom is 0.407 e. The van der Waals surface area contributed by atoms with E-state index < -0.39 is 17.5 Å². The van der Waals surface area contributed by atoms with E-state index in [1.54, 1.807) is 31.7 Å². The quantitative estimate of drug-likeness (QED) is 0.331. The van der Waals surface area contributed by atoms with Crippen LogP contribution in [0, 0.1) is 23.1 Å². The molecule has 1 heterocycles. The molecule has 2 aliphatic rings. The molecule has 12 heteroatoms. The van der Waals surface area contributed by atoms with Gasteiger partial charge in [-0.25, -0.2) is 9.18 Å². The predicted octanol–water partition coefficient (Wildman–Crippen LogP) is 6.58. The van der Waals surface area contributed by atoms with Crippen LogP contribution in [0.15, 0.2) is 24.3 Å². The van der Waals surface area contributed by atoms with Crippen LogP contribution in [-0.2, 0) is 20.7 Å². The number of carbonyl (C=O) groups excluding carboxylic acids is 3. The highest BCUT2D eigenvalue weighted by atomic mass is 35.5. The first-order valence-electron chi connectivity index (χ1n) is 14.3. The zero-order valence-electron chi connectivity index (χ0n) is 24.7. The second-order valence-electron chi connectivity index (χ2n) is 12.0. The molecule has 0 radical (unpaired) electrons. The molecule has 0 bridgehead atoms. The van der Waals surface area contributed by atoms with Gasteiger partial charge < -0.3 is 25.6 Å². The van der Waals surface area contributed by atoms with Crippen LogP contribution in [0.3, 0.4) is 0 Å². The minimum absolute atomic E-state index is 0.0113. The Balaban J connectivity index is 1.36. The number of nitrogens with one attached hydrogen (secondary N) is 3. The van der Waals surface area contributed by atoms with Crippen LogP contribution in [0.1, 0.15) is 76.1 Å². The van der Waals surface area contributed by atoms with Gasteiger partial charge in [0.05, 0.1) is 29.5 Å². The van der Waals surface area contributed by atoms with Crippen molar-refractivity contribution >= 4 is 52.5 Å². The lowest BCUT2D eigenvalue weighted by molar-refractivity contribution is -0.131. The molecule has 0 aromatic heterocycles. The summed E-state index contributed by atoms with van der Waals surface area (Å²) < 4.78 is 20.2. The van der Waals surface area contributed by atoms with Crippen LogP contribution < -0.4 is 16.0 Å². The van der Waals surface area contributed by atoms with E-state index in [0.29, 0.717) is 48.7 Å². The summed E-state index contributed by atoms with van der Waals surface area (Å²) in [5.41, 5.74) is 1.35. The molecule has 2 aromatic rings. The normalized spacial score (nSPS) is 20.0. The Hall–Kier alpha value is -3.55. The molecule has 1 aliphatic carbocycles. The van der Waals surface area contributed by atoms with Gasteiger partial charge in [0.1, 0.15) is 17.5 Å². The molecule has 230 valence electrons. The van der Waals surface area contributed by atoms with Crippen molar-refractivity contribution in [2.45, 2.75) is 77.5 Å². The van der Waals surface area contributed by atoms with E-state index in [2.05, 4.69) is 16.0 Å². The Morgan fingerprint density at radius 1 is 1.09 bits per heavy atom. The van der Waals surface area contributed by atoms with Gasteiger partial charge in [-0.15, -0.1) is 0 Å². The fourth-order valence-electron chi connectivity index (χ4n) is 5.63. The van der Waals surface area contributed by atoms with E-state index in [1.807, 2.05) is 19.1 Å². The molecular formula is C31H36Cl2FN5O4. The van der Waals surface area contributed by atoms with E-state index in [0.717, 1.165) is 17.2 Å². The molecule has 1 atom stereocenters. The van der Waals surface area contributed by atoms with Crippen molar-refractivity contribution in [1.82, 2.24) is 10.2 Å². The van der Waals surface area contributed by atoms with Crippen molar-refractivity contribution in [3.63, 3.8) is 0 Å². The fourth-order valence-corrected chi connectivity index (χ4v) is 6.32. The Morgan fingerprint density at radius 3 is 2.44 bits per heavy atom. The summed E-state index contributed by atoms with van der Waals surface area (Å²) >= 11 is 12.6. The van der Waals surface area contributed by atoms with E-state index in [9.17, 15) is 24.0 Å². The molecule has 3 N–H and O–H groups in total. The molecule has 0 saturated heterocycles. The Kier molecular flexibility index (Phi) is 10.1. The number of anilines is 2. The van der Waals surface area contributed by atoms with Crippen molar-refractivity contribution in [2.24, 2.45) is 5.92 Å². The van der Waals surface area contributed by atoms with Gasteiger partial charge in [0.2, 0.25) is 11.8 Å². The third-order valence-electron chi connectivity index (χ3n) is 7.74. The first-order valence-corrected chi connectivity index (χ1v) is 15.1. The van der Waals surface area contributed by atoms with Gasteiger partial charge in [0.15, 0.2) is 0 Å². The first-order chi connectivity index (χ1) is 20.3. The van der Waals surface area contributed by atoms with Gasteiger partial charge in [-0.05, 0) is 95.2 Å². The van der Waals surface area contributed by atoms with Crippen LogP contribution in [0.4, 0.5) is 20.6 Å². The summed E-state index contributed by atoms with van der Waals surface area (Å²) in [5, 5.41) is 19.0. The second-order valence-corrected chi connectivity index (χ2v) is 12.8. The van der Waals surface area contributed by atoms with E-state index in [4.69, 9.17) is 27.9 Å². The number of ether oxygens (including phenoxy) is 1. The smallest absolute Gasteiger partial charge is 0.407 e. The number of hydrogen-bond acceptors (Lipinski definition) is 6. The number of hydrogen-bond donors (Lipinski definition) is 3. The number of nitrogens with zero attached hydrogens (tertiary/aromatic N) is 2. The molecule has 1 fully saturated rings. The summed E-state index contributed by atoms with van der Waals surface area (Å²) in [7, 11) is 0. The van der Waals surface area contributed by atoms with E-state index in [1.165, 1.54) is 6.07 Å². The van der Waals surface area contributed by atoms with Crippen LogP contribution in [0.25, 0.3) is 0 Å². The maximum absolute atomic E-state index is 14.9. The highest BCUT2D eigenvalue weighted by Crippen LogP contribution is 2.37. The average molecular weight is 633 g/mol. The summed E-state index contributed by atoms with van der Waals surface area (Å²) in [6.45, 7) is 7.51. The summed E-state index contributed by atoms with van der Waals surface area (Å²) in [6.07, 6.45) is 2.35. The van der Waals surface area contributed by atoms with Gasteiger partial charge >= 0.3 is 6.09 Å². The van der Waals surface area contributed by atoms with Crippen LogP contribution in [-0.4, -0.2) is 47.5 Å². The second kappa shape index (κ2) is 13.4. The van der Waals surface area contributed by atoms with Gasteiger partial charge in [0.25, 0.3) is 0 Å². The lowest BCUT2D eigenvalue weighted by Crippen LogP contribution is -2.42. The average Bonchev–Trinajstić information content (AvgIpc) is 2.91. The minimum Gasteiger partial charge on any atom is -0.444 e. The third kappa shape index (κ3) is 8.09. The Bertz CT molecular complexity index is 1450. The number of carbonyl (C=O) groups is 3. The van der Waals surface area contributed by atoms with Crippen molar-refractivity contribution in [1.29, 1.82) is 5.26 Å². The summed E-state index contributed by atoms with van der Waals surface area (Å²) in [4.78, 5) is 40.0. The fraction of sp³-hybridized carbons (Fsp3) is 0.484. The topological polar surface area (TPSA) is 124 Å². The SMILES string of the molecule is CC1c2c(Cl)cc(Cl)cc2CCN1C(=O)CNc1cc(NC(=O)C2CCC(NC(=O)OC(C)(C)C)CC2)c(C#N)cc1F. The number of amides is 3. The lowest BCUT2D eigenvalue weighted by atomic mass is 9.85. The summed E-state index contributed by atoms with van der Waals surface area (Å²) in [5.74, 6) is -1.60. The van der Waals surface area contributed by atoms with Crippen LogP contribution in [0.5, 0.6) is 0 Å². The number of fused-ring (bicyclic) bond motifs is 1. The van der Waals surface area contributed by atoms with Crippen molar-refractivity contribution < 1.29 is 23.5 Å². The third-order valence-corrected chi connectivity index (χ3v) is 8.27. The van der Waals surface area contributed by atoms with E-state index in [-0.39, 0.29) is 53.3 Å². The standard InChI is InChI=1S/C31H36Cl2FN5O4/c1-17-28-19(11-21(32)13-23(28)33)9-10-39(17)27(40)16-36-26-14-25(20(15-35)12-24(26)34)38-29(41)18-5-7-22(8-6-18)37-30(42)43-31(2,3)4/h11-14,17-18,22,36H,5-10,16H2,1-4H3,(H,37,42)(H,38,41). The van der Waals surface area contributed by atoms with Crippen LogP contribution in [0.2, 0.25) is 10.0 Å². The molecule has 43 heavy (non-hydrogen) atoms. The number of halogens is 3. The molecule has 1 unspecified atom stereocenters. The molecule has 0 spiro atoms. The molecular weight excluding hydrogens is 596 g/mol. The molecule has 4 rings (SSSR count). The summed E-state index contributed by atoms with van der Waals surface area (Å²) in [6, 6.07) is 7.40. The van der Waals surface area contributed by atoms with Gasteiger partial charge in [-0.3, -0.25) is 9.59 Å². The Morgan fingerprint density at radius 2 is 1.79 bits per heavy atom. The monoisotopic (exact) mass is 631 g/mol. The van der Waals surface area contributed by atoms with Gasteiger partial charge in [-0.2, -0.15) is 5.26 Å².